The van der Waals surface area contributed by atoms with Crippen LogP contribution in [-0.2, 0) is 9.53 Å². The number of carbonyl (C=O) groups is 2. The number of nitrogens with zero attached hydrogens (tertiary/aromatic N) is 1. The third-order valence-electron chi connectivity index (χ3n) is 4.59. The van der Waals surface area contributed by atoms with Gasteiger partial charge in [-0.05, 0) is 24.6 Å². The van der Waals surface area contributed by atoms with Gasteiger partial charge in [-0.3, -0.25) is 9.59 Å². The van der Waals surface area contributed by atoms with Crippen molar-refractivity contribution in [3.63, 3.8) is 0 Å². The summed E-state index contributed by atoms with van der Waals surface area (Å²) in [6, 6.07) is 4.68. The van der Waals surface area contributed by atoms with Crippen LogP contribution < -0.4 is 0 Å². The number of amides is 1. The minimum absolute atomic E-state index is 0.175. The summed E-state index contributed by atoms with van der Waals surface area (Å²) in [5.41, 5.74) is -0.487. The van der Waals surface area contributed by atoms with Crippen LogP contribution >= 0.6 is 23.2 Å². The maximum atomic E-state index is 12.6. The molecule has 118 valence electrons. The van der Waals surface area contributed by atoms with Gasteiger partial charge in [-0.1, -0.05) is 23.2 Å². The third-order valence-corrected chi connectivity index (χ3v) is 5.33. The maximum Gasteiger partial charge on any atom is 0.311 e. The molecule has 1 aromatic carbocycles. The van der Waals surface area contributed by atoms with E-state index in [1.807, 2.05) is 0 Å². The van der Waals surface area contributed by atoms with Crippen molar-refractivity contribution in [2.75, 3.05) is 26.3 Å². The largest absolute Gasteiger partial charge is 0.481 e. The molecule has 0 radical (unpaired) electrons. The highest BCUT2D eigenvalue weighted by Crippen LogP contribution is 2.43. The van der Waals surface area contributed by atoms with Crippen molar-refractivity contribution in [1.29, 1.82) is 0 Å². The number of hydrogen-bond donors (Lipinski definition) is 1. The van der Waals surface area contributed by atoms with Crippen LogP contribution in [0.1, 0.15) is 16.8 Å². The van der Waals surface area contributed by atoms with Crippen molar-refractivity contribution < 1.29 is 19.4 Å². The van der Waals surface area contributed by atoms with E-state index in [2.05, 4.69) is 0 Å². The minimum atomic E-state index is -0.899. The quantitative estimate of drug-likeness (QED) is 0.895. The van der Waals surface area contributed by atoms with Crippen molar-refractivity contribution in [3.05, 3.63) is 33.8 Å². The van der Waals surface area contributed by atoms with Crippen LogP contribution in [0, 0.1) is 11.3 Å². The van der Waals surface area contributed by atoms with E-state index < -0.39 is 11.4 Å². The lowest BCUT2D eigenvalue weighted by atomic mass is 9.74. The summed E-state index contributed by atoms with van der Waals surface area (Å²) in [6.45, 7) is 1.37. The molecule has 2 aliphatic rings. The van der Waals surface area contributed by atoms with Gasteiger partial charge >= 0.3 is 5.97 Å². The number of carbonyl (C=O) groups excluding carboxylic acids is 1. The topological polar surface area (TPSA) is 66.8 Å². The first-order chi connectivity index (χ1) is 10.4. The molecule has 2 saturated heterocycles. The van der Waals surface area contributed by atoms with Gasteiger partial charge in [0.05, 0.1) is 22.1 Å². The van der Waals surface area contributed by atoms with Crippen molar-refractivity contribution >= 4 is 35.1 Å². The Morgan fingerprint density at radius 3 is 2.73 bits per heavy atom. The molecule has 2 atom stereocenters. The molecule has 22 heavy (non-hydrogen) atoms. The normalized spacial score (nSPS) is 27.5. The molecule has 7 heteroatoms. The first-order valence-corrected chi connectivity index (χ1v) is 7.75. The molecule has 0 bridgehead atoms. The van der Waals surface area contributed by atoms with Crippen LogP contribution in [0.4, 0.5) is 0 Å². The fourth-order valence-electron chi connectivity index (χ4n) is 3.27. The Balaban J connectivity index is 1.85. The molecule has 0 aliphatic carbocycles. The van der Waals surface area contributed by atoms with Gasteiger partial charge in [-0.2, -0.15) is 0 Å². The van der Waals surface area contributed by atoms with E-state index in [9.17, 15) is 14.7 Å². The average molecular weight is 344 g/mol. The predicted molar refractivity (Wildman–Crippen MR) is 81.4 cm³/mol. The summed E-state index contributed by atoms with van der Waals surface area (Å²) in [5, 5.41) is 10.3. The highest BCUT2D eigenvalue weighted by Gasteiger charge is 2.54. The number of likely N-dealkylation sites (tertiary alicyclic amines) is 1. The number of halogens is 2. The molecule has 1 aromatic rings. The molecular formula is C15H15Cl2NO4. The van der Waals surface area contributed by atoms with Crippen LogP contribution in [-0.4, -0.2) is 48.2 Å². The summed E-state index contributed by atoms with van der Waals surface area (Å²) in [6.07, 6.45) is 0.429. The molecule has 0 unspecified atom stereocenters. The van der Waals surface area contributed by atoms with E-state index in [4.69, 9.17) is 27.9 Å². The minimum Gasteiger partial charge on any atom is -0.481 e. The predicted octanol–water partition coefficient (Wildman–Crippen LogP) is 2.56. The molecule has 1 amide bonds. The molecule has 1 N–H and O–H groups in total. The summed E-state index contributed by atoms with van der Waals surface area (Å²) in [4.78, 5) is 25.9. The highest BCUT2D eigenvalue weighted by molar-refractivity contribution is 6.42. The lowest BCUT2D eigenvalue weighted by molar-refractivity contribution is -0.157. The second-order valence-electron chi connectivity index (χ2n) is 5.80. The number of hydrogen-bond acceptors (Lipinski definition) is 3. The summed E-state index contributed by atoms with van der Waals surface area (Å²) in [5.74, 6) is -1.26. The molecule has 0 aromatic heterocycles. The van der Waals surface area contributed by atoms with Gasteiger partial charge in [0, 0.05) is 31.2 Å². The van der Waals surface area contributed by atoms with Crippen molar-refractivity contribution in [2.45, 2.75) is 6.42 Å². The second-order valence-corrected chi connectivity index (χ2v) is 6.61. The van der Waals surface area contributed by atoms with Gasteiger partial charge in [0.1, 0.15) is 0 Å². The fourth-order valence-corrected chi connectivity index (χ4v) is 3.56. The Bertz CT molecular complexity index is 636. The van der Waals surface area contributed by atoms with Crippen LogP contribution in [0.3, 0.4) is 0 Å². The van der Waals surface area contributed by atoms with Gasteiger partial charge in [-0.25, -0.2) is 0 Å². The van der Waals surface area contributed by atoms with E-state index in [0.717, 1.165) is 0 Å². The average Bonchev–Trinajstić information content (AvgIpc) is 2.90. The lowest BCUT2D eigenvalue weighted by Gasteiger charge is -2.33. The standard InChI is InChI=1S/C15H15Cl2NO4/c16-11-2-1-9(5-12(11)17)13(19)18-6-10-7-22-4-3-15(10,8-18)14(20)21/h1-2,5,10H,3-4,6-8H2,(H,20,21)/t10-,15+/m0/s1. The lowest BCUT2D eigenvalue weighted by Crippen LogP contribution is -2.45. The smallest absolute Gasteiger partial charge is 0.311 e. The highest BCUT2D eigenvalue weighted by atomic mass is 35.5. The second kappa shape index (κ2) is 5.72. The number of carboxylic acids is 1. The van der Waals surface area contributed by atoms with Gasteiger partial charge in [0.2, 0.25) is 0 Å². The molecule has 2 fully saturated rings. The van der Waals surface area contributed by atoms with E-state index >= 15 is 0 Å². The molecule has 2 aliphatic heterocycles. The zero-order chi connectivity index (χ0) is 15.9. The number of aliphatic carboxylic acids is 1. The Labute approximate surface area is 137 Å². The van der Waals surface area contributed by atoms with E-state index in [1.165, 1.54) is 6.07 Å². The Kier molecular flexibility index (Phi) is 4.05. The van der Waals surface area contributed by atoms with E-state index in [-0.39, 0.29) is 18.4 Å². The molecule has 3 rings (SSSR count). The van der Waals surface area contributed by atoms with Crippen molar-refractivity contribution in [1.82, 2.24) is 4.90 Å². The first kappa shape index (κ1) is 15.6. The van der Waals surface area contributed by atoms with Gasteiger partial charge in [0.15, 0.2) is 0 Å². The van der Waals surface area contributed by atoms with Crippen LogP contribution in [0.5, 0.6) is 0 Å². The number of benzene rings is 1. The maximum absolute atomic E-state index is 12.6. The van der Waals surface area contributed by atoms with E-state index in [1.54, 1.807) is 17.0 Å². The summed E-state index contributed by atoms with van der Waals surface area (Å²) < 4.78 is 5.39. The van der Waals surface area contributed by atoms with Gasteiger partial charge in [-0.15, -0.1) is 0 Å². The van der Waals surface area contributed by atoms with Crippen LogP contribution in [0.15, 0.2) is 18.2 Å². The zero-order valence-electron chi connectivity index (χ0n) is 11.7. The summed E-state index contributed by atoms with van der Waals surface area (Å²) >= 11 is 11.8. The molecular weight excluding hydrogens is 329 g/mol. The van der Waals surface area contributed by atoms with Crippen molar-refractivity contribution in [3.8, 4) is 0 Å². The van der Waals surface area contributed by atoms with Gasteiger partial charge in [0.25, 0.3) is 5.91 Å². The first-order valence-electron chi connectivity index (χ1n) is 6.99. The van der Waals surface area contributed by atoms with Crippen molar-refractivity contribution in [2.24, 2.45) is 11.3 Å². The summed E-state index contributed by atoms with van der Waals surface area (Å²) in [7, 11) is 0. The molecule has 0 saturated carbocycles. The number of rotatable bonds is 2. The molecule has 0 spiro atoms. The Morgan fingerprint density at radius 2 is 2.09 bits per heavy atom. The monoisotopic (exact) mass is 343 g/mol. The molecule has 2 heterocycles. The third kappa shape index (κ3) is 2.47. The number of fused-ring (bicyclic) bond motifs is 1. The Hall–Kier alpha value is -1.30. The van der Waals surface area contributed by atoms with E-state index in [0.29, 0.717) is 41.8 Å². The van der Waals surface area contributed by atoms with Gasteiger partial charge < -0.3 is 14.7 Å². The number of carboxylic acid groups (broad SMARTS) is 1. The van der Waals surface area contributed by atoms with Crippen LogP contribution in [0.25, 0.3) is 0 Å². The Morgan fingerprint density at radius 1 is 1.32 bits per heavy atom. The fraction of sp³-hybridized carbons (Fsp3) is 0.467. The SMILES string of the molecule is O=C(c1ccc(Cl)c(Cl)c1)N1C[C@H]2COCC[C@@]2(C(=O)O)C1. The number of ether oxygens (including phenoxy) is 1. The zero-order valence-corrected chi connectivity index (χ0v) is 13.2. The molecule has 5 nitrogen and oxygen atoms in total. The van der Waals surface area contributed by atoms with Crippen LogP contribution in [0.2, 0.25) is 10.0 Å².